The Morgan fingerprint density at radius 2 is 1.47 bits per heavy atom. The molecule has 0 fully saturated rings. The van der Waals surface area contributed by atoms with Crippen molar-refractivity contribution in [2.24, 2.45) is 22.9 Å². The molecule has 0 aliphatic carbocycles. The molecular formula is C39H52N3O11+. The Kier molecular flexibility index (Phi) is 16.4. The maximum atomic E-state index is 14.1. The second-order valence-corrected chi connectivity index (χ2v) is 14.0. The zero-order valence-electron chi connectivity index (χ0n) is 32.0. The number of esters is 1. The quantitative estimate of drug-likeness (QED) is 0.0122. The van der Waals surface area contributed by atoms with Crippen LogP contribution in [0.4, 0.5) is 5.69 Å². The number of oxime groups is 1. The number of hydrogen-bond acceptors (Lipinski definition) is 12. The van der Waals surface area contributed by atoms with E-state index in [0.29, 0.717) is 54.9 Å². The Hall–Kier alpha value is -4.82. The number of benzene rings is 2. The number of aryl methyl sites for hydroxylation is 1. The summed E-state index contributed by atoms with van der Waals surface area (Å²) in [6.07, 6.45) is 5.18. The molecule has 0 aliphatic heterocycles. The number of carbonyl (C=O) groups excluding carboxylic acids is 4. The molecule has 3 aromatic rings. The summed E-state index contributed by atoms with van der Waals surface area (Å²) in [5.74, 6) is -2.73. The van der Waals surface area contributed by atoms with Crippen LogP contribution >= 0.6 is 0 Å². The molecule has 1 heterocycles. The Bertz CT molecular complexity index is 1850. The molecule has 1 amide bonds. The number of non-ortho nitro benzene ring substituents is 1. The fourth-order valence-corrected chi connectivity index (χ4v) is 5.43. The van der Waals surface area contributed by atoms with Crippen molar-refractivity contribution in [1.29, 1.82) is 0 Å². The van der Waals surface area contributed by atoms with Gasteiger partial charge in [0, 0.05) is 49.6 Å². The van der Waals surface area contributed by atoms with Crippen LogP contribution in [0, 0.1) is 27.9 Å². The predicted octanol–water partition coefficient (Wildman–Crippen LogP) is 7.44. The lowest BCUT2D eigenvalue weighted by Crippen LogP contribution is -2.27. The van der Waals surface area contributed by atoms with Crippen molar-refractivity contribution in [3.8, 4) is 0 Å². The van der Waals surface area contributed by atoms with E-state index in [0.717, 1.165) is 31.7 Å². The first-order valence-electron chi connectivity index (χ1n) is 18.0. The Morgan fingerprint density at radius 1 is 0.830 bits per heavy atom. The highest BCUT2D eigenvalue weighted by molar-refractivity contribution is 6.46. The SMILES string of the molecule is COCCC/C(=N\OC(=O)C(C)C)C(=O)c1cc([N+](=O)[O-])c2oc3c(CCCCC(C)C)cc(C(=O)[N+](=COC(=O)C(C)C)CCCOC)cc3c2c1. The van der Waals surface area contributed by atoms with E-state index in [2.05, 4.69) is 19.0 Å². The average Bonchev–Trinajstić information content (AvgIpc) is 3.50. The number of hydrogen-bond donors (Lipinski definition) is 0. The summed E-state index contributed by atoms with van der Waals surface area (Å²) in [6.45, 7) is 11.7. The second kappa shape index (κ2) is 20.4. The number of furan rings is 1. The summed E-state index contributed by atoms with van der Waals surface area (Å²) < 4.78 is 23.1. The molecule has 0 saturated heterocycles. The van der Waals surface area contributed by atoms with E-state index >= 15 is 0 Å². The average molecular weight is 739 g/mol. The van der Waals surface area contributed by atoms with Crippen LogP contribution in [0.15, 0.2) is 33.8 Å². The lowest BCUT2D eigenvalue weighted by molar-refractivity contribution is -0.432. The third-order valence-corrected chi connectivity index (χ3v) is 8.43. The maximum Gasteiger partial charge on any atom is 0.421 e. The molecular weight excluding hydrogens is 686 g/mol. The molecule has 0 spiro atoms. The van der Waals surface area contributed by atoms with Crippen LogP contribution in [0.25, 0.3) is 21.9 Å². The van der Waals surface area contributed by atoms with Crippen molar-refractivity contribution in [3.63, 3.8) is 0 Å². The number of nitro benzene ring substituents is 1. The lowest BCUT2D eigenvalue weighted by Gasteiger charge is -2.08. The number of rotatable bonds is 21. The molecule has 0 saturated carbocycles. The number of ketones is 1. The summed E-state index contributed by atoms with van der Waals surface area (Å²) in [7, 11) is 3.05. The smallest absolute Gasteiger partial charge is 0.421 e. The minimum absolute atomic E-state index is 0.0620. The topological polar surface area (TPSA) is 177 Å². The Morgan fingerprint density at radius 3 is 2.09 bits per heavy atom. The third kappa shape index (κ3) is 11.8. The summed E-state index contributed by atoms with van der Waals surface area (Å²) in [5, 5.41) is 17.0. The fourth-order valence-electron chi connectivity index (χ4n) is 5.43. The number of unbranched alkanes of at least 4 members (excludes halogenated alkanes) is 1. The lowest BCUT2D eigenvalue weighted by atomic mass is 9.96. The third-order valence-electron chi connectivity index (χ3n) is 8.43. The van der Waals surface area contributed by atoms with Gasteiger partial charge in [-0.3, -0.25) is 19.7 Å². The molecule has 14 nitrogen and oxygen atoms in total. The number of Topliss-reactive ketones (excluding diaryl/α,β-unsaturated/α-hetero) is 1. The van der Waals surface area contributed by atoms with Crippen LogP contribution in [0.1, 0.15) is 106 Å². The summed E-state index contributed by atoms with van der Waals surface area (Å²) in [5.41, 5.74) is 0.544. The largest absolute Gasteiger partial charge is 0.449 e. The Balaban J connectivity index is 2.28. The molecule has 0 atom stereocenters. The summed E-state index contributed by atoms with van der Waals surface area (Å²) in [4.78, 5) is 69.5. The van der Waals surface area contributed by atoms with E-state index in [-0.39, 0.29) is 40.8 Å². The van der Waals surface area contributed by atoms with Gasteiger partial charge in [0.2, 0.25) is 11.4 Å². The van der Waals surface area contributed by atoms with E-state index < -0.39 is 46.1 Å². The molecule has 0 N–H and O–H groups in total. The van der Waals surface area contributed by atoms with Crippen LogP contribution in [0.2, 0.25) is 0 Å². The number of nitro groups is 1. The molecule has 3 rings (SSSR count). The van der Waals surface area contributed by atoms with Gasteiger partial charge in [0.25, 0.3) is 0 Å². The predicted molar refractivity (Wildman–Crippen MR) is 200 cm³/mol. The van der Waals surface area contributed by atoms with Crippen molar-refractivity contribution in [1.82, 2.24) is 0 Å². The van der Waals surface area contributed by atoms with Crippen LogP contribution in [0.3, 0.4) is 0 Å². The second-order valence-electron chi connectivity index (χ2n) is 14.0. The minimum atomic E-state index is -0.677. The van der Waals surface area contributed by atoms with Crippen LogP contribution in [0.5, 0.6) is 0 Å². The molecule has 0 unspecified atom stereocenters. The van der Waals surface area contributed by atoms with Crippen molar-refractivity contribution in [3.05, 3.63) is 51.1 Å². The summed E-state index contributed by atoms with van der Waals surface area (Å²) in [6, 6.07) is 5.85. The monoisotopic (exact) mass is 738 g/mol. The highest BCUT2D eigenvalue weighted by Gasteiger charge is 2.29. The van der Waals surface area contributed by atoms with Gasteiger partial charge in [0.15, 0.2) is 6.54 Å². The zero-order chi connectivity index (χ0) is 39.2. The number of carbonyl (C=O) groups is 4. The van der Waals surface area contributed by atoms with E-state index in [4.69, 9.17) is 23.5 Å². The van der Waals surface area contributed by atoms with E-state index in [1.807, 2.05) is 0 Å². The molecule has 1 aromatic heterocycles. The van der Waals surface area contributed by atoms with Gasteiger partial charge < -0.3 is 23.5 Å². The molecule has 0 bridgehead atoms. The number of nitrogens with zero attached hydrogens (tertiary/aromatic N) is 3. The number of ether oxygens (including phenoxy) is 3. The fraction of sp³-hybridized carbons (Fsp3) is 0.538. The van der Waals surface area contributed by atoms with Gasteiger partial charge in [-0.25, -0.2) is 9.59 Å². The van der Waals surface area contributed by atoms with Gasteiger partial charge in [-0.15, -0.1) is 4.58 Å². The molecule has 14 heteroatoms. The Labute approximate surface area is 309 Å². The zero-order valence-corrected chi connectivity index (χ0v) is 32.0. The molecule has 288 valence electrons. The standard InChI is InChI=1S/C39H52N3O11/c1-24(2)13-9-10-14-27-19-29(37(44)41(16-12-18-50-8)23-51-38(45)25(3)4)21-30-31-20-28(22-33(42(47)48)36(31)52-35(27)30)34(43)32(15-11-17-49-7)40-53-39(46)26(5)6/h19-26H,9-18H2,1-8H3/q+1/b40-32+,41-23?. The normalized spacial score (nSPS) is 12.4. The van der Waals surface area contributed by atoms with E-state index in [1.165, 1.54) is 17.8 Å². The van der Waals surface area contributed by atoms with E-state index in [9.17, 15) is 29.3 Å². The number of fused-ring (bicyclic) bond motifs is 3. The van der Waals surface area contributed by atoms with Crippen LogP contribution in [-0.2, 0) is 35.1 Å². The first-order chi connectivity index (χ1) is 25.2. The van der Waals surface area contributed by atoms with Crippen LogP contribution < -0.4 is 0 Å². The van der Waals surface area contributed by atoms with Gasteiger partial charge in [0.1, 0.15) is 11.3 Å². The number of amides is 1. The van der Waals surface area contributed by atoms with Crippen molar-refractivity contribution >= 4 is 63.4 Å². The van der Waals surface area contributed by atoms with Gasteiger partial charge in [-0.1, -0.05) is 59.5 Å². The molecule has 53 heavy (non-hydrogen) atoms. The van der Waals surface area contributed by atoms with Crippen molar-refractivity contribution < 1.29 is 52.1 Å². The first kappa shape index (κ1) is 42.6. The van der Waals surface area contributed by atoms with Crippen molar-refractivity contribution in [2.45, 2.75) is 86.5 Å². The summed E-state index contributed by atoms with van der Waals surface area (Å²) >= 11 is 0. The maximum absolute atomic E-state index is 14.1. The highest BCUT2D eigenvalue weighted by atomic mass is 16.7. The highest BCUT2D eigenvalue weighted by Crippen LogP contribution is 2.39. The minimum Gasteiger partial charge on any atom is -0.449 e. The van der Waals surface area contributed by atoms with Gasteiger partial charge in [-0.2, -0.15) is 0 Å². The van der Waals surface area contributed by atoms with Crippen LogP contribution in [-0.4, -0.2) is 79.2 Å². The van der Waals surface area contributed by atoms with E-state index in [1.54, 1.807) is 46.9 Å². The molecule has 0 aliphatic rings. The molecule has 2 aromatic carbocycles. The number of methoxy groups -OCH3 is 2. The van der Waals surface area contributed by atoms with Gasteiger partial charge >= 0.3 is 29.9 Å². The first-order valence-corrected chi connectivity index (χ1v) is 18.0. The van der Waals surface area contributed by atoms with Gasteiger partial charge in [0.05, 0.1) is 28.9 Å². The van der Waals surface area contributed by atoms with Crippen molar-refractivity contribution in [2.75, 3.05) is 34.0 Å². The molecule has 0 radical (unpaired) electrons. The van der Waals surface area contributed by atoms with Gasteiger partial charge in [-0.05, 0) is 55.4 Å².